The number of rotatable bonds is 9. The van der Waals surface area contributed by atoms with Gasteiger partial charge in [0.25, 0.3) is 0 Å². The van der Waals surface area contributed by atoms with Gasteiger partial charge in [0.15, 0.2) is 0 Å². The number of carbonyl (C=O) groups is 2. The first-order valence-corrected chi connectivity index (χ1v) is 16.4. The summed E-state index contributed by atoms with van der Waals surface area (Å²) in [5.41, 5.74) is 2.88. The van der Waals surface area contributed by atoms with Crippen LogP contribution in [0, 0.1) is 6.92 Å². The van der Waals surface area contributed by atoms with Gasteiger partial charge in [-0.2, -0.15) is 4.31 Å². The van der Waals surface area contributed by atoms with Crippen molar-refractivity contribution in [3.63, 3.8) is 0 Å². The van der Waals surface area contributed by atoms with E-state index in [4.69, 9.17) is 9.15 Å². The first-order chi connectivity index (χ1) is 21.3. The number of carboxylic acid groups (broad SMARTS) is 1. The Bertz CT molecular complexity index is 1790. The van der Waals surface area contributed by atoms with Crippen LogP contribution in [0.2, 0.25) is 0 Å². The summed E-state index contributed by atoms with van der Waals surface area (Å²) in [6.07, 6.45) is 0.168. The van der Waals surface area contributed by atoms with Gasteiger partial charge in [-0.25, -0.2) is 18.0 Å². The number of furan rings is 1. The molecule has 1 aromatic heterocycles. The van der Waals surface area contributed by atoms with E-state index in [1.54, 1.807) is 11.8 Å². The molecule has 0 unspecified atom stereocenters. The SMILES string of the molecule is Cc1c(C(=O)O)oc2ccc(S(=O)(=O)N(CCc3ccccc3)Cc3ccccc3N3CCN(C(=O)OC(C)(C)C)CC3)cc12. The highest BCUT2D eigenvalue weighted by Gasteiger charge is 2.30. The average molecular weight is 634 g/mol. The fraction of sp³-hybridized carbons (Fsp3) is 0.353. The molecule has 238 valence electrons. The van der Waals surface area contributed by atoms with E-state index in [0.717, 1.165) is 16.8 Å². The molecule has 0 aliphatic carbocycles. The molecule has 1 aliphatic rings. The highest BCUT2D eigenvalue weighted by Crippen LogP contribution is 2.31. The zero-order valence-electron chi connectivity index (χ0n) is 26.0. The van der Waals surface area contributed by atoms with Crippen LogP contribution in [-0.4, -0.2) is 73.1 Å². The molecule has 4 aromatic rings. The van der Waals surface area contributed by atoms with Crippen LogP contribution in [0.1, 0.15) is 48.0 Å². The van der Waals surface area contributed by atoms with Gasteiger partial charge >= 0.3 is 12.1 Å². The van der Waals surface area contributed by atoms with E-state index < -0.39 is 21.6 Å². The number of aromatic carboxylic acids is 1. The lowest BCUT2D eigenvalue weighted by molar-refractivity contribution is 0.0240. The minimum Gasteiger partial charge on any atom is -0.475 e. The number of piperazine rings is 1. The number of carboxylic acids is 1. The molecule has 5 rings (SSSR count). The quantitative estimate of drug-likeness (QED) is 0.241. The number of carbonyl (C=O) groups excluding carboxylic acids is 1. The number of amides is 1. The van der Waals surface area contributed by atoms with Crippen molar-refractivity contribution >= 4 is 38.7 Å². The molecule has 11 heteroatoms. The molecule has 0 radical (unpaired) electrons. The fourth-order valence-corrected chi connectivity index (χ4v) is 6.94. The Labute approximate surface area is 263 Å². The number of hydrogen-bond acceptors (Lipinski definition) is 7. The summed E-state index contributed by atoms with van der Waals surface area (Å²) < 4.78 is 41.1. The van der Waals surface area contributed by atoms with Gasteiger partial charge in [0.2, 0.25) is 15.8 Å². The van der Waals surface area contributed by atoms with E-state index in [0.29, 0.717) is 49.1 Å². The van der Waals surface area contributed by atoms with Gasteiger partial charge < -0.3 is 24.1 Å². The minimum absolute atomic E-state index is 0.0624. The molecule has 3 aromatic carbocycles. The molecule has 1 N–H and O–H groups in total. The maximum Gasteiger partial charge on any atom is 0.410 e. The van der Waals surface area contributed by atoms with Gasteiger partial charge in [-0.15, -0.1) is 0 Å². The second-order valence-electron chi connectivity index (χ2n) is 12.2. The molecule has 1 fully saturated rings. The third-order valence-corrected chi connectivity index (χ3v) is 9.68. The van der Waals surface area contributed by atoms with Crippen LogP contribution in [0.25, 0.3) is 11.0 Å². The van der Waals surface area contributed by atoms with Crippen molar-refractivity contribution in [2.75, 3.05) is 37.6 Å². The highest BCUT2D eigenvalue weighted by atomic mass is 32.2. The summed E-state index contributed by atoms with van der Waals surface area (Å²) in [5, 5.41) is 9.94. The number of ether oxygens (including phenoxy) is 1. The largest absolute Gasteiger partial charge is 0.475 e. The fourth-order valence-electron chi connectivity index (χ4n) is 5.50. The summed E-state index contributed by atoms with van der Waals surface area (Å²) in [6.45, 7) is 9.63. The van der Waals surface area contributed by atoms with Crippen LogP contribution >= 0.6 is 0 Å². The third-order valence-electron chi connectivity index (χ3n) is 7.84. The second-order valence-corrected chi connectivity index (χ2v) is 14.1. The van der Waals surface area contributed by atoms with E-state index in [2.05, 4.69) is 4.90 Å². The number of sulfonamides is 1. The maximum absolute atomic E-state index is 14.3. The predicted octanol–water partition coefficient (Wildman–Crippen LogP) is 5.93. The smallest absolute Gasteiger partial charge is 0.410 e. The van der Waals surface area contributed by atoms with Crippen molar-refractivity contribution in [1.82, 2.24) is 9.21 Å². The Kier molecular flexibility index (Phi) is 9.22. The first-order valence-electron chi connectivity index (χ1n) is 14.9. The number of benzene rings is 3. The minimum atomic E-state index is -4.02. The Hall–Kier alpha value is -4.35. The summed E-state index contributed by atoms with van der Waals surface area (Å²) >= 11 is 0. The van der Waals surface area contributed by atoms with Crippen LogP contribution in [0.15, 0.2) is 82.1 Å². The molecule has 0 spiro atoms. The Morgan fingerprint density at radius 1 is 0.956 bits per heavy atom. The summed E-state index contributed by atoms with van der Waals surface area (Å²) in [6, 6.07) is 21.9. The molecule has 0 bridgehead atoms. The molecule has 0 atom stereocenters. The van der Waals surface area contributed by atoms with Crippen molar-refractivity contribution in [2.45, 2.75) is 51.2 Å². The molecular formula is C34H39N3O7S. The monoisotopic (exact) mass is 633 g/mol. The van der Waals surface area contributed by atoms with Crippen molar-refractivity contribution in [2.24, 2.45) is 0 Å². The lowest BCUT2D eigenvalue weighted by Gasteiger charge is -2.38. The van der Waals surface area contributed by atoms with Crippen LogP contribution in [0.4, 0.5) is 10.5 Å². The van der Waals surface area contributed by atoms with Crippen LogP contribution in [-0.2, 0) is 27.7 Å². The highest BCUT2D eigenvalue weighted by molar-refractivity contribution is 7.89. The van der Waals surface area contributed by atoms with Crippen LogP contribution in [0.3, 0.4) is 0 Å². The first kappa shape index (κ1) is 32.1. The van der Waals surface area contributed by atoms with Crippen molar-refractivity contribution < 1.29 is 32.3 Å². The number of aryl methyl sites for hydroxylation is 1. The van der Waals surface area contributed by atoms with Gasteiger partial charge in [0.1, 0.15) is 11.2 Å². The molecule has 0 saturated carbocycles. The molecule has 2 heterocycles. The van der Waals surface area contributed by atoms with Gasteiger partial charge in [-0.1, -0.05) is 48.5 Å². The zero-order valence-corrected chi connectivity index (χ0v) is 26.8. The standard InChI is InChI=1S/C34H39N3O7S/c1-24-28-22-27(14-15-30(28)43-31(24)32(38)39)45(41,42)37(17-16-25-10-6-5-7-11-25)23-26-12-8-9-13-29(26)35-18-20-36(21-19-35)33(40)44-34(2,3)4/h5-15,22H,16-21,23H2,1-4H3,(H,38,39). The molecule has 1 amide bonds. The Morgan fingerprint density at radius 3 is 2.29 bits per heavy atom. The third kappa shape index (κ3) is 7.32. The number of anilines is 1. The molecule has 1 aliphatic heterocycles. The van der Waals surface area contributed by atoms with Gasteiger partial charge in [0.05, 0.1) is 4.90 Å². The van der Waals surface area contributed by atoms with Crippen LogP contribution < -0.4 is 4.90 Å². The summed E-state index contributed by atoms with van der Waals surface area (Å²) in [7, 11) is -4.02. The van der Waals surface area contributed by atoms with E-state index in [-0.39, 0.29) is 29.8 Å². The molecule has 10 nitrogen and oxygen atoms in total. The zero-order chi connectivity index (χ0) is 32.4. The summed E-state index contributed by atoms with van der Waals surface area (Å²) in [4.78, 5) is 28.2. The van der Waals surface area contributed by atoms with Crippen molar-refractivity contribution in [1.29, 1.82) is 0 Å². The number of nitrogens with zero attached hydrogens (tertiary/aromatic N) is 3. The molecular weight excluding hydrogens is 594 g/mol. The predicted molar refractivity (Wildman–Crippen MR) is 172 cm³/mol. The van der Waals surface area contributed by atoms with Crippen molar-refractivity contribution in [3.8, 4) is 0 Å². The van der Waals surface area contributed by atoms with E-state index >= 15 is 0 Å². The topological polar surface area (TPSA) is 121 Å². The van der Waals surface area contributed by atoms with Crippen molar-refractivity contribution in [3.05, 3.63) is 95.2 Å². The second kappa shape index (κ2) is 12.9. The van der Waals surface area contributed by atoms with Crippen LogP contribution in [0.5, 0.6) is 0 Å². The van der Waals surface area contributed by atoms with Gasteiger partial charge in [-0.05, 0) is 69.5 Å². The van der Waals surface area contributed by atoms with E-state index in [1.807, 2.05) is 75.4 Å². The normalized spacial score (nSPS) is 14.2. The molecule has 1 saturated heterocycles. The Balaban J connectivity index is 1.43. The lowest BCUT2D eigenvalue weighted by Crippen LogP contribution is -2.50. The lowest BCUT2D eigenvalue weighted by atomic mass is 10.1. The van der Waals surface area contributed by atoms with Gasteiger partial charge in [-0.3, -0.25) is 0 Å². The maximum atomic E-state index is 14.3. The number of hydrogen-bond donors (Lipinski definition) is 1. The molecule has 45 heavy (non-hydrogen) atoms. The Morgan fingerprint density at radius 2 is 1.62 bits per heavy atom. The number of para-hydroxylation sites is 1. The van der Waals surface area contributed by atoms with E-state index in [1.165, 1.54) is 22.5 Å². The van der Waals surface area contributed by atoms with E-state index in [9.17, 15) is 23.1 Å². The van der Waals surface area contributed by atoms with Gasteiger partial charge in [0, 0.05) is 55.9 Å². The average Bonchev–Trinajstić information content (AvgIpc) is 3.35. The summed E-state index contributed by atoms with van der Waals surface area (Å²) in [5.74, 6) is -1.41. The number of fused-ring (bicyclic) bond motifs is 1.